The monoisotopic (exact) mass is 461 g/mol. The quantitative estimate of drug-likeness (QED) is 0.416. The van der Waals surface area contributed by atoms with Gasteiger partial charge in [-0.05, 0) is 43.5 Å². The van der Waals surface area contributed by atoms with Crippen LogP contribution in [0.5, 0.6) is 0 Å². The Kier molecular flexibility index (Phi) is 5.93. The van der Waals surface area contributed by atoms with Gasteiger partial charge in [0, 0.05) is 13.1 Å². The molecule has 8 heteroatoms. The van der Waals surface area contributed by atoms with E-state index in [4.69, 9.17) is 0 Å². The molecule has 0 aliphatic heterocycles. The van der Waals surface area contributed by atoms with Gasteiger partial charge in [-0.1, -0.05) is 61.4 Å². The second kappa shape index (κ2) is 9.02. The maximum Gasteiger partial charge on any atom is 0.267 e. The summed E-state index contributed by atoms with van der Waals surface area (Å²) in [6.45, 7) is 1.97. The Morgan fingerprint density at radius 3 is 2.58 bits per heavy atom. The number of thioether (sulfide) groups is 1. The second-order valence-electron chi connectivity index (χ2n) is 8.65. The maximum absolute atomic E-state index is 13.4. The summed E-state index contributed by atoms with van der Waals surface area (Å²) in [5.74, 6) is 0.828. The van der Waals surface area contributed by atoms with Crippen molar-refractivity contribution in [3.63, 3.8) is 0 Å². The maximum atomic E-state index is 13.4. The SMILES string of the molecule is Cc1ccccc1-n1c(=O)c2ccccc2n2c(SCC(=O)N(C)C3CCCCC3)nnc12. The third kappa shape index (κ3) is 3.93. The van der Waals surface area contributed by atoms with Crippen LogP contribution in [0.4, 0.5) is 0 Å². The van der Waals surface area contributed by atoms with Crippen LogP contribution in [-0.4, -0.2) is 48.8 Å². The Morgan fingerprint density at radius 1 is 1.06 bits per heavy atom. The van der Waals surface area contributed by atoms with Gasteiger partial charge < -0.3 is 4.90 Å². The van der Waals surface area contributed by atoms with Crippen LogP contribution >= 0.6 is 11.8 Å². The number of carbonyl (C=O) groups excluding carboxylic acids is 1. The number of hydrogen-bond donors (Lipinski definition) is 0. The molecule has 2 heterocycles. The molecule has 2 aromatic carbocycles. The first-order valence-corrected chi connectivity index (χ1v) is 12.4. The van der Waals surface area contributed by atoms with Crippen molar-refractivity contribution >= 4 is 34.3 Å². The van der Waals surface area contributed by atoms with Crippen molar-refractivity contribution in [1.82, 2.24) is 24.1 Å². The van der Waals surface area contributed by atoms with E-state index in [2.05, 4.69) is 10.2 Å². The van der Waals surface area contributed by atoms with Gasteiger partial charge in [-0.15, -0.1) is 10.2 Å². The van der Waals surface area contributed by atoms with Crippen molar-refractivity contribution in [3.05, 3.63) is 64.4 Å². The van der Waals surface area contributed by atoms with Gasteiger partial charge in [-0.25, -0.2) is 4.57 Å². The minimum atomic E-state index is -0.135. The van der Waals surface area contributed by atoms with Gasteiger partial charge in [0.05, 0.1) is 22.3 Å². The van der Waals surface area contributed by atoms with Gasteiger partial charge in [-0.2, -0.15) is 0 Å². The molecule has 0 unspecified atom stereocenters. The van der Waals surface area contributed by atoms with Crippen LogP contribution in [0.15, 0.2) is 58.5 Å². The first-order valence-electron chi connectivity index (χ1n) is 11.4. The van der Waals surface area contributed by atoms with Crippen LogP contribution in [0.1, 0.15) is 37.7 Å². The molecule has 170 valence electrons. The Bertz CT molecular complexity index is 1390. The summed E-state index contributed by atoms with van der Waals surface area (Å²) < 4.78 is 3.51. The van der Waals surface area contributed by atoms with E-state index in [1.165, 1.54) is 31.0 Å². The topological polar surface area (TPSA) is 72.5 Å². The second-order valence-corrected chi connectivity index (χ2v) is 9.59. The van der Waals surface area contributed by atoms with Crippen molar-refractivity contribution in [2.24, 2.45) is 0 Å². The van der Waals surface area contributed by atoms with Gasteiger partial charge in [0.1, 0.15) is 0 Å². The van der Waals surface area contributed by atoms with Gasteiger partial charge in [0.2, 0.25) is 11.7 Å². The molecular formula is C25H27N5O2S. The number of nitrogens with zero attached hydrogens (tertiary/aromatic N) is 5. The fourth-order valence-corrected chi connectivity index (χ4v) is 5.57. The standard InChI is InChI=1S/C25H27N5O2S/c1-17-10-6-8-14-20(17)29-23(32)19-13-7-9-15-21(19)30-24(29)26-27-25(30)33-16-22(31)28(2)18-11-4-3-5-12-18/h6-10,13-15,18H,3-5,11-12,16H2,1-2H3. The highest BCUT2D eigenvalue weighted by molar-refractivity contribution is 7.99. The lowest BCUT2D eigenvalue weighted by atomic mass is 9.94. The lowest BCUT2D eigenvalue weighted by molar-refractivity contribution is -0.129. The zero-order valence-corrected chi connectivity index (χ0v) is 19.7. The van der Waals surface area contributed by atoms with Crippen molar-refractivity contribution in [2.75, 3.05) is 12.8 Å². The molecule has 0 radical (unpaired) electrons. The number of carbonyl (C=O) groups is 1. The predicted molar refractivity (Wildman–Crippen MR) is 131 cm³/mol. The molecule has 33 heavy (non-hydrogen) atoms. The summed E-state index contributed by atoms with van der Waals surface area (Å²) in [5, 5.41) is 9.97. The molecule has 1 fully saturated rings. The molecule has 0 spiro atoms. The Balaban J connectivity index is 1.55. The highest BCUT2D eigenvalue weighted by Crippen LogP contribution is 2.26. The Morgan fingerprint density at radius 2 is 1.79 bits per heavy atom. The van der Waals surface area contributed by atoms with Gasteiger partial charge in [-0.3, -0.25) is 14.0 Å². The lowest BCUT2D eigenvalue weighted by Crippen LogP contribution is -2.39. The summed E-state index contributed by atoms with van der Waals surface area (Å²) in [5.41, 5.74) is 2.35. The molecule has 0 saturated heterocycles. The number of hydrogen-bond acceptors (Lipinski definition) is 5. The zero-order chi connectivity index (χ0) is 22.9. The number of fused-ring (bicyclic) bond motifs is 3. The molecule has 0 atom stereocenters. The first kappa shape index (κ1) is 21.7. The van der Waals surface area contributed by atoms with Gasteiger partial charge in [0.25, 0.3) is 5.56 Å². The molecule has 5 rings (SSSR count). The third-order valence-electron chi connectivity index (χ3n) is 6.59. The number of aromatic nitrogens is 4. The van der Waals surface area contributed by atoms with Crippen LogP contribution in [0.3, 0.4) is 0 Å². The molecule has 1 saturated carbocycles. The summed E-state index contributed by atoms with van der Waals surface area (Å²) in [6, 6.07) is 15.5. The molecule has 4 aromatic rings. The van der Waals surface area contributed by atoms with Crippen molar-refractivity contribution < 1.29 is 4.79 Å². The molecule has 0 N–H and O–H groups in total. The zero-order valence-electron chi connectivity index (χ0n) is 18.9. The van der Waals surface area contributed by atoms with Crippen molar-refractivity contribution in [1.29, 1.82) is 0 Å². The summed E-state index contributed by atoms with van der Waals surface area (Å²) >= 11 is 1.37. The minimum Gasteiger partial charge on any atom is -0.342 e. The lowest BCUT2D eigenvalue weighted by Gasteiger charge is -2.31. The van der Waals surface area contributed by atoms with E-state index in [0.717, 1.165) is 29.6 Å². The Hall–Kier alpha value is -3.13. The highest BCUT2D eigenvalue weighted by Gasteiger charge is 2.24. The summed E-state index contributed by atoms with van der Waals surface area (Å²) in [7, 11) is 1.91. The van der Waals surface area contributed by atoms with E-state index in [9.17, 15) is 9.59 Å². The fraction of sp³-hybridized carbons (Fsp3) is 0.360. The Labute approximate surface area is 196 Å². The molecule has 7 nitrogen and oxygen atoms in total. The van der Waals surface area contributed by atoms with Crippen LogP contribution < -0.4 is 5.56 Å². The van der Waals surface area contributed by atoms with Gasteiger partial charge >= 0.3 is 0 Å². The van der Waals surface area contributed by atoms with E-state index < -0.39 is 0 Å². The van der Waals surface area contributed by atoms with E-state index in [1.807, 2.05) is 71.8 Å². The number of amides is 1. The third-order valence-corrected chi connectivity index (χ3v) is 7.51. The van der Waals surface area contributed by atoms with E-state index >= 15 is 0 Å². The van der Waals surface area contributed by atoms with Crippen molar-refractivity contribution in [3.8, 4) is 5.69 Å². The largest absolute Gasteiger partial charge is 0.342 e. The number of rotatable bonds is 5. The highest BCUT2D eigenvalue weighted by atomic mass is 32.2. The molecule has 2 aromatic heterocycles. The smallest absolute Gasteiger partial charge is 0.267 e. The summed E-state index contributed by atoms with van der Waals surface area (Å²) in [6.07, 6.45) is 5.79. The molecule has 1 aliphatic carbocycles. The molecule has 1 amide bonds. The number of aryl methyl sites for hydroxylation is 1. The van der Waals surface area contributed by atoms with Crippen LogP contribution in [0.2, 0.25) is 0 Å². The van der Waals surface area contributed by atoms with E-state index in [1.54, 1.807) is 4.57 Å². The minimum absolute atomic E-state index is 0.0974. The van der Waals surface area contributed by atoms with E-state index in [0.29, 0.717) is 22.4 Å². The predicted octanol–water partition coefficient (Wildman–Crippen LogP) is 4.23. The molecule has 0 bridgehead atoms. The van der Waals surface area contributed by atoms with Crippen LogP contribution in [0, 0.1) is 6.92 Å². The summed E-state index contributed by atoms with van der Waals surface area (Å²) in [4.78, 5) is 28.3. The van der Waals surface area contributed by atoms with E-state index in [-0.39, 0.29) is 17.2 Å². The average molecular weight is 462 g/mol. The number of para-hydroxylation sites is 2. The fourth-order valence-electron chi connectivity index (χ4n) is 4.70. The normalized spacial score (nSPS) is 14.7. The molecular weight excluding hydrogens is 434 g/mol. The average Bonchev–Trinajstić information content (AvgIpc) is 3.27. The van der Waals surface area contributed by atoms with Gasteiger partial charge in [0.15, 0.2) is 5.16 Å². The first-order chi connectivity index (χ1) is 16.1. The number of benzene rings is 2. The van der Waals surface area contributed by atoms with Crippen LogP contribution in [0.25, 0.3) is 22.4 Å². The molecule has 1 aliphatic rings. The van der Waals surface area contributed by atoms with Crippen molar-refractivity contribution in [2.45, 2.75) is 50.2 Å². The van der Waals surface area contributed by atoms with Crippen LogP contribution in [-0.2, 0) is 4.79 Å².